The fraction of sp³-hybridized carbons (Fsp3) is 0.455. The van der Waals surface area contributed by atoms with Gasteiger partial charge in [0.25, 0.3) is 0 Å². The van der Waals surface area contributed by atoms with Crippen molar-refractivity contribution in [2.45, 2.75) is 20.3 Å². The smallest absolute Gasteiger partial charge is 0.187 e. The van der Waals surface area contributed by atoms with Crippen LogP contribution in [-0.2, 0) is 6.42 Å². The zero-order valence-electron chi connectivity index (χ0n) is 9.32. The fourth-order valence-corrected chi connectivity index (χ4v) is 2.44. The molecule has 0 spiro atoms. The molecule has 0 N–H and O–H groups in total. The number of aromatic nitrogens is 2. The van der Waals surface area contributed by atoms with E-state index in [1.807, 2.05) is 6.20 Å². The first-order valence-corrected chi connectivity index (χ1v) is 6.03. The van der Waals surface area contributed by atoms with Gasteiger partial charge in [0.2, 0.25) is 0 Å². The summed E-state index contributed by atoms with van der Waals surface area (Å²) in [6.45, 7) is 5.25. The highest BCUT2D eigenvalue weighted by Gasteiger charge is 2.10. The molecule has 2 rings (SSSR count). The highest BCUT2D eigenvalue weighted by Crippen LogP contribution is 2.28. The Bertz CT molecular complexity index is 464. The zero-order valence-corrected chi connectivity index (χ0v) is 10.1. The van der Waals surface area contributed by atoms with E-state index in [1.165, 1.54) is 5.56 Å². The minimum atomic E-state index is 0.973. The summed E-state index contributed by atoms with van der Waals surface area (Å²) in [7, 11) is 2.06. The standard InChI is InChI=1S/C11H15N3S/c1-4-8-6-7-12-10-9(8)13-11(15-10)14(3)5-2/h6-7H,4-5H2,1-3H3. The second kappa shape index (κ2) is 4.14. The Hall–Kier alpha value is -1.16. The van der Waals surface area contributed by atoms with E-state index >= 15 is 0 Å². The lowest BCUT2D eigenvalue weighted by atomic mass is 10.2. The highest BCUT2D eigenvalue weighted by atomic mass is 32.1. The molecule has 0 aromatic carbocycles. The van der Waals surface area contributed by atoms with Crippen LogP contribution in [0.5, 0.6) is 0 Å². The van der Waals surface area contributed by atoms with Gasteiger partial charge in [-0.15, -0.1) is 0 Å². The van der Waals surface area contributed by atoms with Gasteiger partial charge in [-0.3, -0.25) is 0 Å². The zero-order chi connectivity index (χ0) is 10.8. The molecule has 0 saturated carbocycles. The van der Waals surface area contributed by atoms with Crippen molar-refractivity contribution in [1.82, 2.24) is 9.97 Å². The first-order valence-electron chi connectivity index (χ1n) is 5.21. The van der Waals surface area contributed by atoms with Crippen molar-refractivity contribution < 1.29 is 0 Å². The SMILES string of the molecule is CCc1ccnc2sc(N(C)CC)nc12. The quantitative estimate of drug-likeness (QED) is 0.798. The summed E-state index contributed by atoms with van der Waals surface area (Å²) in [6.07, 6.45) is 2.88. The summed E-state index contributed by atoms with van der Waals surface area (Å²) in [4.78, 5) is 12.2. The van der Waals surface area contributed by atoms with E-state index in [9.17, 15) is 0 Å². The van der Waals surface area contributed by atoms with Crippen LogP contribution in [0.2, 0.25) is 0 Å². The molecule has 0 saturated heterocycles. The molecule has 0 aliphatic heterocycles. The van der Waals surface area contributed by atoms with E-state index in [1.54, 1.807) is 11.3 Å². The van der Waals surface area contributed by atoms with Gasteiger partial charge in [-0.2, -0.15) is 0 Å². The van der Waals surface area contributed by atoms with Crippen molar-refractivity contribution >= 4 is 26.8 Å². The minimum absolute atomic E-state index is 0.973. The Morgan fingerprint density at radius 3 is 2.87 bits per heavy atom. The highest BCUT2D eigenvalue weighted by molar-refractivity contribution is 7.21. The van der Waals surface area contributed by atoms with Gasteiger partial charge in [0.05, 0.1) is 0 Å². The molecule has 0 unspecified atom stereocenters. The summed E-state index contributed by atoms with van der Waals surface area (Å²) >= 11 is 1.66. The molecule has 0 fully saturated rings. The number of nitrogens with zero attached hydrogens (tertiary/aromatic N) is 3. The summed E-state index contributed by atoms with van der Waals surface area (Å²) < 4.78 is 0. The van der Waals surface area contributed by atoms with Crippen LogP contribution in [0.15, 0.2) is 12.3 Å². The number of aryl methyl sites for hydroxylation is 1. The molecule has 3 nitrogen and oxygen atoms in total. The fourth-order valence-electron chi connectivity index (χ4n) is 1.46. The van der Waals surface area contributed by atoms with Crippen LogP contribution in [0.25, 0.3) is 10.3 Å². The van der Waals surface area contributed by atoms with E-state index in [-0.39, 0.29) is 0 Å². The largest absolute Gasteiger partial charge is 0.351 e. The average Bonchev–Trinajstić information content (AvgIpc) is 2.71. The monoisotopic (exact) mass is 221 g/mol. The van der Waals surface area contributed by atoms with Gasteiger partial charge in [0.15, 0.2) is 5.13 Å². The van der Waals surface area contributed by atoms with Gasteiger partial charge in [-0.1, -0.05) is 18.3 Å². The lowest BCUT2D eigenvalue weighted by Crippen LogP contribution is -2.15. The molecule has 0 amide bonds. The maximum Gasteiger partial charge on any atom is 0.187 e. The average molecular weight is 221 g/mol. The Balaban J connectivity index is 2.55. The minimum Gasteiger partial charge on any atom is -0.351 e. The first kappa shape index (κ1) is 10.4. The maximum atomic E-state index is 4.64. The third-order valence-electron chi connectivity index (χ3n) is 2.55. The van der Waals surface area contributed by atoms with Crippen molar-refractivity contribution in [3.05, 3.63) is 17.8 Å². The van der Waals surface area contributed by atoms with Crippen molar-refractivity contribution in [2.75, 3.05) is 18.5 Å². The number of thiazole rings is 1. The molecule has 80 valence electrons. The number of pyridine rings is 1. The van der Waals surface area contributed by atoms with E-state index < -0.39 is 0 Å². The molecule has 0 radical (unpaired) electrons. The van der Waals surface area contributed by atoms with Gasteiger partial charge in [0.1, 0.15) is 10.3 Å². The lowest BCUT2D eigenvalue weighted by molar-refractivity contribution is 0.960. The van der Waals surface area contributed by atoms with E-state index in [0.29, 0.717) is 0 Å². The summed E-state index contributed by atoms with van der Waals surface area (Å²) in [6, 6.07) is 2.05. The predicted octanol–water partition coefficient (Wildman–Crippen LogP) is 2.71. The van der Waals surface area contributed by atoms with Crippen molar-refractivity contribution in [1.29, 1.82) is 0 Å². The Morgan fingerprint density at radius 1 is 1.40 bits per heavy atom. The van der Waals surface area contributed by atoms with Gasteiger partial charge in [0, 0.05) is 19.8 Å². The molecule has 2 aromatic rings. The Kier molecular flexibility index (Phi) is 2.86. The van der Waals surface area contributed by atoms with Crippen LogP contribution >= 0.6 is 11.3 Å². The second-order valence-electron chi connectivity index (χ2n) is 3.49. The van der Waals surface area contributed by atoms with Gasteiger partial charge >= 0.3 is 0 Å². The lowest BCUT2D eigenvalue weighted by Gasteiger charge is -2.10. The van der Waals surface area contributed by atoms with E-state index in [2.05, 4.69) is 41.8 Å². The molecule has 15 heavy (non-hydrogen) atoms. The third kappa shape index (κ3) is 1.81. The predicted molar refractivity (Wildman–Crippen MR) is 65.7 cm³/mol. The molecular weight excluding hydrogens is 206 g/mol. The topological polar surface area (TPSA) is 29.0 Å². The van der Waals surface area contributed by atoms with Crippen LogP contribution in [0.1, 0.15) is 19.4 Å². The molecule has 0 bridgehead atoms. The van der Waals surface area contributed by atoms with Crippen LogP contribution in [-0.4, -0.2) is 23.6 Å². The number of fused-ring (bicyclic) bond motifs is 1. The number of hydrogen-bond donors (Lipinski definition) is 0. The van der Waals surface area contributed by atoms with Crippen LogP contribution in [0.4, 0.5) is 5.13 Å². The number of rotatable bonds is 3. The van der Waals surface area contributed by atoms with E-state index in [0.717, 1.165) is 28.4 Å². The third-order valence-corrected chi connectivity index (χ3v) is 3.63. The van der Waals surface area contributed by atoms with E-state index in [4.69, 9.17) is 0 Å². The number of anilines is 1. The molecule has 0 aliphatic carbocycles. The van der Waals surface area contributed by atoms with Crippen molar-refractivity contribution in [2.24, 2.45) is 0 Å². The van der Waals surface area contributed by atoms with Gasteiger partial charge < -0.3 is 4.90 Å². The molecule has 0 atom stereocenters. The van der Waals surface area contributed by atoms with Gasteiger partial charge in [-0.05, 0) is 25.0 Å². The van der Waals surface area contributed by atoms with Crippen LogP contribution < -0.4 is 4.90 Å². The molecule has 0 aliphatic rings. The Labute approximate surface area is 93.8 Å². The van der Waals surface area contributed by atoms with Crippen molar-refractivity contribution in [3.8, 4) is 0 Å². The normalized spacial score (nSPS) is 10.9. The molecule has 2 heterocycles. The van der Waals surface area contributed by atoms with Crippen LogP contribution in [0, 0.1) is 0 Å². The maximum absolute atomic E-state index is 4.64. The molecule has 4 heteroatoms. The summed E-state index contributed by atoms with van der Waals surface area (Å²) in [5.41, 5.74) is 2.35. The van der Waals surface area contributed by atoms with Gasteiger partial charge in [-0.25, -0.2) is 9.97 Å². The summed E-state index contributed by atoms with van der Waals surface area (Å²) in [5.74, 6) is 0. The molecule has 2 aromatic heterocycles. The number of hydrogen-bond acceptors (Lipinski definition) is 4. The first-order chi connectivity index (χ1) is 7.26. The molecular formula is C11H15N3S. The summed E-state index contributed by atoms with van der Waals surface area (Å²) in [5, 5.41) is 1.06. The Morgan fingerprint density at radius 2 is 2.20 bits per heavy atom. The van der Waals surface area contributed by atoms with Crippen LogP contribution in [0.3, 0.4) is 0 Å². The van der Waals surface area contributed by atoms with Crippen molar-refractivity contribution in [3.63, 3.8) is 0 Å². The second-order valence-corrected chi connectivity index (χ2v) is 4.44.